The van der Waals surface area contributed by atoms with Crippen LogP contribution in [-0.2, 0) is 4.74 Å². The molecule has 0 fully saturated rings. The molecule has 0 radical (unpaired) electrons. The van der Waals surface area contributed by atoms with E-state index < -0.39 is 6.03 Å². The summed E-state index contributed by atoms with van der Waals surface area (Å²) in [5.74, 6) is 0. The van der Waals surface area contributed by atoms with Crippen LogP contribution in [0.15, 0.2) is 11.3 Å². The standard InChI is InChI=1S/C7H11ClN2O2/c1-4-2-5(10-7(9)11)3-6(8)12-4/h3-5H,2H2,1H3,(H3,9,10,11)/t4-,5+/m0/s1. The lowest BCUT2D eigenvalue weighted by Gasteiger charge is -2.24. The molecule has 68 valence electrons. The van der Waals surface area contributed by atoms with E-state index in [0.29, 0.717) is 11.6 Å². The zero-order valence-electron chi connectivity index (χ0n) is 6.71. The van der Waals surface area contributed by atoms with Gasteiger partial charge in [0.1, 0.15) is 0 Å². The molecule has 0 aliphatic carbocycles. The van der Waals surface area contributed by atoms with Crippen LogP contribution in [0.25, 0.3) is 0 Å². The minimum Gasteiger partial charge on any atom is -0.480 e. The quantitative estimate of drug-likeness (QED) is 0.646. The maximum Gasteiger partial charge on any atom is 0.312 e. The molecule has 0 aromatic rings. The molecule has 0 aromatic carbocycles. The van der Waals surface area contributed by atoms with Gasteiger partial charge in [0.15, 0.2) is 5.22 Å². The zero-order chi connectivity index (χ0) is 9.14. The maximum atomic E-state index is 10.5. The van der Waals surface area contributed by atoms with Gasteiger partial charge in [-0.1, -0.05) is 0 Å². The highest BCUT2D eigenvalue weighted by Gasteiger charge is 2.19. The molecule has 0 bridgehead atoms. The van der Waals surface area contributed by atoms with E-state index in [1.54, 1.807) is 6.08 Å². The maximum absolute atomic E-state index is 10.5. The van der Waals surface area contributed by atoms with Crippen molar-refractivity contribution >= 4 is 17.6 Å². The Bertz CT molecular complexity index is 217. The number of carbonyl (C=O) groups excluding carboxylic acids is 1. The first-order chi connectivity index (χ1) is 5.58. The molecule has 0 aromatic heterocycles. The highest BCUT2D eigenvalue weighted by Crippen LogP contribution is 2.19. The second-order valence-corrected chi connectivity index (χ2v) is 3.12. The largest absolute Gasteiger partial charge is 0.480 e. The molecule has 5 heteroatoms. The SMILES string of the molecule is C[C@H]1C[C@@H](NC(N)=O)C=C(Cl)O1. The number of amides is 2. The Kier molecular flexibility index (Phi) is 2.81. The molecule has 0 spiro atoms. The molecule has 3 N–H and O–H groups in total. The molecule has 0 saturated heterocycles. The fourth-order valence-electron chi connectivity index (χ4n) is 1.15. The van der Waals surface area contributed by atoms with Gasteiger partial charge in [-0.2, -0.15) is 0 Å². The van der Waals surface area contributed by atoms with Crippen molar-refractivity contribution in [2.24, 2.45) is 5.73 Å². The van der Waals surface area contributed by atoms with E-state index in [9.17, 15) is 4.79 Å². The van der Waals surface area contributed by atoms with Crippen molar-refractivity contribution < 1.29 is 9.53 Å². The van der Waals surface area contributed by atoms with Crippen LogP contribution in [0.5, 0.6) is 0 Å². The number of nitrogens with two attached hydrogens (primary N) is 1. The molecular weight excluding hydrogens is 180 g/mol. The topological polar surface area (TPSA) is 64.3 Å². The van der Waals surface area contributed by atoms with Crippen molar-refractivity contribution in [1.29, 1.82) is 0 Å². The zero-order valence-corrected chi connectivity index (χ0v) is 7.47. The van der Waals surface area contributed by atoms with E-state index in [-0.39, 0.29) is 12.1 Å². The van der Waals surface area contributed by atoms with Crippen LogP contribution in [0.4, 0.5) is 4.79 Å². The average molecular weight is 191 g/mol. The van der Waals surface area contributed by atoms with E-state index in [0.717, 1.165) is 0 Å². The summed E-state index contributed by atoms with van der Waals surface area (Å²) in [5.41, 5.74) is 4.95. The van der Waals surface area contributed by atoms with Crippen molar-refractivity contribution in [3.05, 3.63) is 11.3 Å². The Morgan fingerprint density at radius 3 is 3.08 bits per heavy atom. The summed E-state index contributed by atoms with van der Waals surface area (Å²) in [4.78, 5) is 10.5. The van der Waals surface area contributed by atoms with E-state index in [2.05, 4.69) is 5.32 Å². The van der Waals surface area contributed by atoms with Crippen LogP contribution in [0.1, 0.15) is 13.3 Å². The van der Waals surface area contributed by atoms with Gasteiger partial charge in [-0.15, -0.1) is 0 Å². The minimum absolute atomic E-state index is 0.0133. The summed E-state index contributed by atoms with van der Waals surface area (Å²) in [6.45, 7) is 1.88. The van der Waals surface area contributed by atoms with Crippen molar-refractivity contribution in [3.63, 3.8) is 0 Å². The van der Waals surface area contributed by atoms with Crippen molar-refractivity contribution in [1.82, 2.24) is 5.32 Å². The third-order valence-corrected chi connectivity index (χ3v) is 1.77. The van der Waals surface area contributed by atoms with E-state index >= 15 is 0 Å². The summed E-state index contributed by atoms with van der Waals surface area (Å²) in [5, 5.41) is 2.85. The molecule has 0 unspecified atom stereocenters. The van der Waals surface area contributed by atoms with Gasteiger partial charge in [0.25, 0.3) is 0 Å². The normalized spacial score (nSPS) is 28.7. The van der Waals surface area contributed by atoms with Gasteiger partial charge in [0.2, 0.25) is 0 Å². The lowest BCUT2D eigenvalue weighted by atomic mass is 10.1. The summed E-state index contributed by atoms with van der Waals surface area (Å²) in [7, 11) is 0. The Morgan fingerprint density at radius 1 is 1.92 bits per heavy atom. The van der Waals surface area contributed by atoms with Crippen molar-refractivity contribution in [2.75, 3.05) is 0 Å². The average Bonchev–Trinajstić information content (AvgIpc) is 1.81. The van der Waals surface area contributed by atoms with Gasteiger partial charge < -0.3 is 15.8 Å². The molecule has 2 amide bonds. The van der Waals surface area contributed by atoms with Gasteiger partial charge in [-0.05, 0) is 24.6 Å². The number of rotatable bonds is 1. The molecule has 1 heterocycles. The van der Waals surface area contributed by atoms with Crippen LogP contribution >= 0.6 is 11.6 Å². The minimum atomic E-state index is -0.546. The predicted molar refractivity (Wildman–Crippen MR) is 45.6 cm³/mol. The fourth-order valence-corrected chi connectivity index (χ4v) is 1.45. The number of hydrogen-bond acceptors (Lipinski definition) is 2. The molecule has 4 nitrogen and oxygen atoms in total. The van der Waals surface area contributed by atoms with Gasteiger partial charge in [0, 0.05) is 6.42 Å². The predicted octanol–water partition coefficient (Wildman–Crippen LogP) is 0.912. The van der Waals surface area contributed by atoms with Crippen LogP contribution in [0, 0.1) is 0 Å². The van der Waals surface area contributed by atoms with Crippen LogP contribution in [0.3, 0.4) is 0 Å². The highest BCUT2D eigenvalue weighted by atomic mass is 35.5. The fraction of sp³-hybridized carbons (Fsp3) is 0.571. The van der Waals surface area contributed by atoms with Crippen molar-refractivity contribution in [3.8, 4) is 0 Å². The number of urea groups is 1. The van der Waals surface area contributed by atoms with Crippen LogP contribution < -0.4 is 11.1 Å². The second kappa shape index (κ2) is 3.67. The monoisotopic (exact) mass is 190 g/mol. The molecule has 1 aliphatic heterocycles. The molecular formula is C7H11ClN2O2. The number of carbonyl (C=O) groups is 1. The first kappa shape index (κ1) is 9.19. The molecule has 0 saturated carbocycles. The molecule has 1 rings (SSSR count). The van der Waals surface area contributed by atoms with Gasteiger partial charge in [0.05, 0.1) is 12.1 Å². The summed E-state index contributed by atoms with van der Waals surface area (Å²) in [6.07, 6.45) is 2.34. The third kappa shape index (κ3) is 2.62. The first-order valence-electron chi connectivity index (χ1n) is 3.68. The molecule has 12 heavy (non-hydrogen) atoms. The number of ether oxygens (including phenoxy) is 1. The molecule has 2 atom stereocenters. The Hall–Kier alpha value is -0.900. The first-order valence-corrected chi connectivity index (χ1v) is 4.05. The van der Waals surface area contributed by atoms with Gasteiger partial charge in [-0.25, -0.2) is 4.79 Å². The number of halogens is 1. The van der Waals surface area contributed by atoms with E-state index in [1.165, 1.54) is 0 Å². The van der Waals surface area contributed by atoms with E-state index in [1.807, 2.05) is 6.92 Å². The lowest BCUT2D eigenvalue weighted by Crippen LogP contribution is -2.41. The van der Waals surface area contributed by atoms with Gasteiger partial charge >= 0.3 is 6.03 Å². The third-order valence-electron chi connectivity index (χ3n) is 1.56. The summed E-state index contributed by atoms with van der Waals surface area (Å²) >= 11 is 5.64. The number of nitrogens with one attached hydrogen (secondary N) is 1. The lowest BCUT2D eigenvalue weighted by molar-refractivity contribution is 0.119. The van der Waals surface area contributed by atoms with Crippen LogP contribution in [-0.4, -0.2) is 18.2 Å². The summed E-state index contributed by atoms with van der Waals surface area (Å²) in [6, 6.07) is -0.659. The Labute approximate surface area is 75.7 Å². The van der Waals surface area contributed by atoms with Gasteiger partial charge in [-0.3, -0.25) is 0 Å². The summed E-state index contributed by atoms with van der Waals surface area (Å²) < 4.78 is 5.13. The Balaban J connectivity index is 2.54. The van der Waals surface area contributed by atoms with E-state index in [4.69, 9.17) is 22.1 Å². The highest BCUT2D eigenvalue weighted by molar-refractivity contribution is 6.28. The number of primary amides is 1. The Morgan fingerprint density at radius 2 is 2.58 bits per heavy atom. The van der Waals surface area contributed by atoms with Crippen LogP contribution in [0.2, 0.25) is 0 Å². The molecule has 1 aliphatic rings. The van der Waals surface area contributed by atoms with Crippen molar-refractivity contribution in [2.45, 2.75) is 25.5 Å². The smallest absolute Gasteiger partial charge is 0.312 e. The number of hydrogen-bond donors (Lipinski definition) is 2. The second-order valence-electron chi connectivity index (χ2n) is 2.75.